The maximum atomic E-state index is 13.6. The number of carbonyl (C=O) groups excluding carboxylic acids is 2. The van der Waals surface area contributed by atoms with Crippen LogP contribution >= 0.6 is 11.6 Å². The number of fused-ring (bicyclic) bond motifs is 1. The molecule has 41 heavy (non-hydrogen) atoms. The van der Waals surface area contributed by atoms with Crippen LogP contribution in [0.15, 0.2) is 103 Å². The van der Waals surface area contributed by atoms with Crippen LogP contribution in [0.3, 0.4) is 0 Å². The van der Waals surface area contributed by atoms with Gasteiger partial charge in [-0.15, -0.1) is 0 Å². The molecule has 2 aliphatic rings. The lowest BCUT2D eigenvalue weighted by atomic mass is 10.1. The van der Waals surface area contributed by atoms with E-state index in [2.05, 4.69) is 11.0 Å². The number of rotatable bonds is 5. The van der Waals surface area contributed by atoms with E-state index in [1.54, 1.807) is 11.0 Å². The lowest BCUT2D eigenvalue weighted by Gasteiger charge is -2.36. The summed E-state index contributed by atoms with van der Waals surface area (Å²) < 4.78 is 6.05. The Labute approximate surface area is 245 Å². The first-order chi connectivity index (χ1) is 19.9. The van der Waals surface area contributed by atoms with Crippen molar-refractivity contribution in [2.24, 2.45) is 0 Å². The molecular formula is C34H30ClN3O3. The van der Waals surface area contributed by atoms with Crippen LogP contribution < -0.4 is 14.5 Å². The molecule has 0 radical (unpaired) electrons. The largest absolute Gasteiger partial charge is 0.449 e. The lowest BCUT2D eigenvalue weighted by Crippen LogP contribution is -2.48. The standard InChI is InChI=1S/C34H30ClN3O3/c1-24-5-4-6-26(21-24)23-38-30-7-2-3-8-31(30)41-32(34(38)40)22-25-9-11-27(12-10-25)33(39)37-19-17-36(18-20-37)29-15-13-28(35)14-16-29/h2-16,21-22H,17-20,23H2,1H3. The Hall–Kier alpha value is -4.55. The summed E-state index contributed by atoms with van der Waals surface area (Å²) in [6.45, 7) is 5.29. The van der Waals surface area contributed by atoms with Crippen molar-refractivity contribution in [3.05, 3.63) is 130 Å². The quantitative estimate of drug-likeness (QED) is 0.257. The van der Waals surface area contributed by atoms with Crippen molar-refractivity contribution < 1.29 is 14.3 Å². The monoisotopic (exact) mass is 563 g/mol. The van der Waals surface area contributed by atoms with Crippen LogP contribution in [0, 0.1) is 6.92 Å². The molecule has 0 aliphatic carbocycles. The Bertz CT molecular complexity index is 1610. The summed E-state index contributed by atoms with van der Waals surface area (Å²) in [5.74, 6) is 0.677. The first-order valence-electron chi connectivity index (χ1n) is 13.7. The Balaban J connectivity index is 1.15. The van der Waals surface area contributed by atoms with E-state index in [9.17, 15) is 9.59 Å². The van der Waals surface area contributed by atoms with Crippen molar-refractivity contribution in [2.75, 3.05) is 36.0 Å². The molecule has 6 rings (SSSR count). The fourth-order valence-corrected chi connectivity index (χ4v) is 5.41. The van der Waals surface area contributed by atoms with Crippen molar-refractivity contribution >= 4 is 40.9 Å². The smallest absolute Gasteiger partial charge is 0.294 e. The molecule has 0 unspecified atom stereocenters. The summed E-state index contributed by atoms with van der Waals surface area (Å²) in [4.78, 5) is 32.7. The van der Waals surface area contributed by atoms with Crippen molar-refractivity contribution in [2.45, 2.75) is 13.5 Å². The minimum absolute atomic E-state index is 0.00297. The fraction of sp³-hybridized carbons (Fsp3) is 0.176. The molecule has 206 valence electrons. The molecular weight excluding hydrogens is 534 g/mol. The third-order valence-corrected chi connectivity index (χ3v) is 7.72. The van der Waals surface area contributed by atoms with Crippen LogP contribution in [0.5, 0.6) is 5.75 Å². The Morgan fingerprint density at radius 2 is 1.61 bits per heavy atom. The number of anilines is 2. The molecule has 7 heteroatoms. The molecule has 2 amide bonds. The highest BCUT2D eigenvalue weighted by molar-refractivity contribution is 6.30. The van der Waals surface area contributed by atoms with Gasteiger partial charge in [-0.2, -0.15) is 0 Å². The van der Waals surface area contributed by atoms with Crippen LogP contribution in [-0.2, 0) is 11.3 Å². The van der Waals surface area contributed by atoms with Gasteiger partial charge in [-0.05, 0) is 72.7 Å². The maximum Gasteiger partial charge on any atom is 0.294 e. The normalized spacial score (nSPS) is 16.0. The minimum Gasteiger partial charge on any atom is -0.449 e. The van der Waals surface area contributed by atoms with Crippen LogP contribution in [0.25, 0.3) is 6.08 Å². The summed E-state index contributed by atoms with van der Waals surface area (Å²) in [7, 11) is 0. The molecule has 0 atom stereocenters. The van der Waals surface area contributed by atoms with Crippen molar-refractivity contribution in [1.29, 1.82) is 0 Å². The molecule has 4 aromatic carbocycles. The van der Waals surface area contributed by atoms with Gasteiger partial charge in [0.05, 0.1) is 12.2 Å². The maximum absolute atomic E-state index is 13.6. The number of carbonyl (C=O) groups is 2. The van der Waals surface area contributed by atoms with E-state index >= 15 is 0 Å². The summed E-state index contributed by atoms with van der Waals surface area (Å²) in [6, 6.07) is 30.8. The zero-order valence-corrected chi connectivity index (χ0v) is 23.6. The van der Waals surface area contributed by atoms with Gasteiger partial charge in [0.1, 0.15) is 0 Å². The molecule has 2 aliphatic heterocycles. The molecule has 0 aromatic heterocycles. The number of amides is 2. The van der Waals surface area contributed by atoms with Gasteiger partial charge in [0.2, 0.25) is 0 Å². The third-order valence-electron chi connectivity index (χ3n) is 7.47. The highest BCUT2D eigenvalue weighted by Crippen LogP contribution is 2.36. The van der Waals surface area contributed by atoms with Gasteiger partial charge in [-0.3, -0.25) is 14.5 Å². The zero-order valence-electron chi connectivity index (χ0n) is 22.8. The van der Waals surface area contributed by atoms with Crippen molar-refractivity contribution in [3.8, 4) is 5.75 Å². The number of piperazine rings is 1. The van der Waals surface area contributed by atoms with E-state index in [0.717, 1.165) is 41.2 Å². The Morgan fingerprint density at radius 1 is 0.878 bits per heavy atom. The minimum atomic E-state index is -0.205. The van der Waals surface area contributed by atoms with Crippen LogP contribution in [0.1, 0.15) is 27.0 Å². The van der Waals surface area contributed by atoms with Crippen LogP contribution in [-0.4, -0.2) is 42.9 Å². The predicted octanol–water partition coefficient (Wildman–Crippen LogP) is 6.58. The highest BCUT2D eigenvalue weighted by Gasteiger charge is 2.30. The number of hydrogen-bond donors (Lipinski definition) is 0. The predicted molar refractivity (Wildman–Crippen MR) is 163 cm³/mol. The van der Waals surface area contributed by atoms with Crippen LogP contribution in [0.4, 0.5) is 11.4 Å². The van der Waals surface area contributed by atoms with Crippen molar-refractivity contribution in [3.63, 3.8) is 0 Å². The number of benzene rings is 4. The first-order valence-corrected chi connectivity index (χ1v) is 14.1. The number of aryl methyl sites for hydroxylation is 1. The molecule has 1 saturated heterocycles. The Kier molecular flexibility index (Phi) is 7.49. The average molecular weight is 564 g/mol. The number of para-hydroxylation sites is 2. The number of ether oxygens (including phenoxy) is 1. The summed E-state index contributed by atoms with van der Waals surface area (Å²) in [5.41, 5.74) is 5.45. The molecule has 1 fully saturated rings. The van der Waals surface area contributed by atoms with E-state index in [1.807, 2.05) is 103 Å². The average Bonchev–Trinajstić information content (AvgIpc) is 3.00. The van der Waals surface area contributed by atoms with Gasteiger partial charge in [-0.1, -0.05) is 65.7 Å². The van der Waals surface area contributed by atoms with Gasteiger partial charge < -0.3 is 14.5 Å². The number of nitrogens with zero attached hydrogens (tertiary/aromatic N) is 3. The number of hydrogen-bond acceptors (Lipinski definition) is 4. The van der Waals surface area contributed by atoms with Crippen molar-refractivity contribution in [1.82, 2.24) is 4.90 Å². The summed E-state index contributed by atoms with van der Waals surface area (Å²) in [6.07, 6.45) is 1.74. The van der Waals surface area contributed by atoms with E-state index in [0.29, 0.717) is 36.0 Å². The van der Waals surface area contributed by atoms with Gasteiger partial charge in [0, 0.05) is 42.5 Å². The third kappa shape index (κ3) is 5.83. The molecule has 4 aromatic rings. The van der Waals surface area contributed by atoms with E-state index < -0.39 is 0 Å². The van der Waals surface area contributed by atoms with Gasteiger partial charge in [-0.25, -0.2) is 0 Å². The van der Waals surface area contributed by atoms with Gasteiger partial charge >= 0.3 is 0 Å². The summed E-state index contributed by atoms with van der Waals surface area (Å²) >= 11 is 6.02. The SMILES string of the molecule is Cc1cccc(CN2C(=O)C(=Cc3ccc(C(=O)N4CCN(c5ccc(Cl)cc5)CC4)cc3)Oc3ccccc32)c1. The van der Waals surface area contributed by atoms with E-state index in [-0.39, 0.29) is 17.6 Å². The second-order valence-electron chi connectivity index (χ2n) is 10.3. The molecule has 2 heterocycles. The molecule has 0 saturated carbocycles. The fourth-order valence-electron chi connectivity index (χ4n) is 5.29. The topological polar surface area (TPSA) is 53.1 Å². The lowest BCUT2D eigenvalue weighted by molar-refractivity contribution is -0.117. The van der Waals surface area contributed by atoms with E-state index in [1.165, 1.54) is 0 Å². The second kappa shape index (κ2) is 11.5. The first kappa shape index (κ1) is 26.7. The second-order valence-corrected chi connectivity index (χ2v) is 10.8. The van der Waals surface area contributed by atoms with Crippen LogP contribution in [0.2, 0.25) is 5.02 Å². The molecule has 0 bridgehead atoms. The zero-order chi connectivity index (χ0) is 28.3. The molecule has 0 spiro atoms. The van der Waals surface area contributed by atoms with E-state index in [4.69, 9.17) is 16.3 Å². The molecule has 0 N–H and O–H groups in total. The summed E-state index contributed by atoms with van der Waals surface area (Å²) in [5, 5.41) is 0.713. The highest BCUT2D eigenvalue weighted by atomic mass is 35.5. The number of halogens is 1. The molecule has 6 nitrogen and oxygen atoms in total. The van der Waals surface area contributed by atoms with Gasteiger partial charge in [0.15, 0.2) is 11.5 Å². The Morgan fingerprint density at radius 3 is 2.34 bits per heavy atom. The van der Waals surface area contributed by atoms with Gasteiger partial charge in [0.25, 0.3) is 11.8 Å².